The molecule has 2 bridgehead atoms. The third-order valence-electron chi connectivity index (χ3n) is 7.63. The summed E-state index contributed by atoms with van der Waals surface area (Å²) in [5.41, 5.74) is 3.70. The smallest absolute Gasteiger partial charge is 0.253 e. The Morgan fingerprint density at radius 1 is 1.13 bits per heavy atom. The summed E-state index contributed by atoms with van der Waals surface area (Å²) in [7, 11) is 0. The van der Waals surface area contributed by atoms with E-state index < -0.39 is 0 Å². The van der Waals surface area contributed by atoms with E-state index in [0.29, 0.717) is 17.9 Å². The number of nitrogens with zero attached hydrogens (tertiary/aromatic N) is 2. The molecule has 164 valence electrons. The van der Waals surface area contributed by atoms with E-state index in [4.69, 9.17) is 4.98 Å². The number of aromatic nitrogens is 1. The number of likely N-dealkylation sites (tertiary alicyclic amines) is 1. The van der Waals surface area contributed by atoms with Crippen LogP contribution in [-0.4, -0.2) is 34.9 Å². The second kappa shape index (κ2) is 8.70. The number of nitrogens with one attached hydrogen (secondary N) is 1. The molecule has 5 rings (SSSR count). The van der Waals surface area contributed by atoms with Crippen LogP contribution in [0.1, 0.15) is 71.8 Å². The van der Waals surface area contributed by atoms with Crippen molar-refractivity contribution in [3.63, 3.8) is 0 Å². The van der Waals surface area contributed by atoms with Crippen molar-refractivity contribution in [1.29, 1.82) is 0 Å². The Kier molecular flexibility index (Phi) is 5.79. The van der Waals surface area contributed by atoms with Gasteiger partial charge in [0, 0.05) is 24.2 Å². The predicted molar refractivity (Wildman–Crippen MR) is 119 cm³/mol. The fraction of sp³-hybridized carbons (Fsp3) is 0.538. The number of halogens is 1. The molecule has 1 aliphatic heterocycles. The third kappa shape index (κ3) is 4.52. The van der Waals surface area contributed by atoms with Crippen molar-refractivity contribution in [2.45, 2.75) is 64.0 Å². The van der Waals surface area contributed by atoms with E-state index >= 15 is 0 Å². The maximum Gasteiger partial charge on any atom is 0.253 e. The monoisotopic (exact) mass is 421 g/mol. The van der Waals surface area contributed by atoms with Gasteiger partial charge in [-0.3, -0.25) is 14.7 Å². The van der Waals surface area contributed by atoms with Crippen LogP contribution >= 0.6 is 0 Å². The summed E-state index contributed by atoms with van der Waals surface area (Å²) in [6.07, 6.45) is 6.97. The van der Waals surface area contributed by atoms with Crippen LogP contribution in [0.4, 0.5) is 4.39 Å². The minimum Gasteiger partial charge on any atom is -0.349 e. The first-order valence-electron chi connectivity index (χ1n) is 11.8. The van der Waals surface area contributed by atoms with Gasteiger partial charge in [0.1, 0.15) is 5.82 Å². The summed E-state index contributed by atoms with van der Waals surface area (Å²) in [5, 5.41) is 3.35. The highest BCUT2D eigenvalue weighted by Gasteiger charge is 2.40. The lowest BCUT2D eigenvalue weighted by Crippen LogP contribution is -2.39. The summed E-state index contributed by atoms with van der Waals surface area (Å²) < 4.78 is 13.5. The van der Waals surface area contributed by atoms with Crippen molar-refractivity contribution in [2.24, 2.45) is 11.8 Å². The SMILES string of the molecule is Cc1ccc(C(=O)NC2CC3CCC2C3)c(C2CCN(Cc3cccc(F)c3)CC2)n1. The van der Waals surface area contributed by atoms with Crippen LogP contribution in [0.5, 0.6) is 0 Å². The predicted octanol–water partition coefficient (Wildman–Crippen LogP) is 4.83. The molecule has 2 heterocycles. The number of pyridine rings is 1. The molecule has 1 amide bonds. The third-order valence-corrected chi connectivity index (χ3v) is 7.63. The molecule has 3 unspecified atom stereocenters. The highest BCUT2D eigenvalue weighted by atomic mass is 19.1. The van der Waals surface area contributed by atoms with Gasteiger partial charge in [0.25, 0.3) is 5.91 Å². The van der Waals surface area contributed by atoms with Crippen LogP contribution in [-0.2, 0) is 6.54 Å². The Bertz CT molecular complexity index is 953. The van der Waals surface area contributed by atoms with E-state index in [1.54, 1.807) is 12.1 Å². The highest BCUT2D eigenvalue weighted by Crippen LogP contribution is 2.44. The van der Waals surface area contributed by atoms with Gasteiger partial charge in [-0.25, -0.2) is 4.39 Å². The van der Waals surface area contributed by atoms with E-state index in [9.17, 15) is 9.18 Å². The zero-order chi connectivity index (χ0) is 21.4. The van der Waals surface area contributed by atoms with Crippen molar-refractivity contribution in [3.8, 4) is 0 Å². The number of rotatable bonds is 5. The van der Waals surface area contributed by atoms with E-state index in [1.807, 2.05) is 25.1 Å². The molecule has 3 atom stereocenters. The van der Waals surface area contributed by atoms with Gasteiger partial charge in [-0.1, -0.05) is 18.6 Å². The molecule has 0 radical (unpaired) electrons. The molecule has 1 N–H and O–H groups in total. The fourth-order valence-corrected chi connectivity index (χ4v) is 6.01. The van der Waals surface area contributed by atoms with E-state index in [-0.39, 0.29) is 11.7 Å². The van der Waals surface area contributed by atoms with Crippen LogP contribution in [0, 0.1) is 24.6 Å². The maximum atomic E-state index is 13.5. The molecule has 2 aromatic rings. The first-order chi connectivity index (χ1) is 15.0. The molecule has 1 aromatic carbocycles. The first-order valence-corrected chi connectivity index (χ1v) is 11.8. The van der Waals surface area contributed by atoms with Gasteiger partial charge < -0.3 is 5.32 Å². The average Bonchev–Trinajstić information content (AvgIpc) is 3.37. The van der Waals surface area contributed by atoms with Gasteiger partial charge in [0.15, 0.2) is 0 Å². The summed E-state index contributed by atoms with van der Waals surface area (Å²) in [4.78, 5) is 20.4. The Morgan fingerprint density at radius 3 is 2.68 bits per heavy atom. The maximum absolute atomic E-state index is 13.5. The van der Waals surface area contributed by atoms with Crippen LogP contribution in [0.25, 0.3) is 0 Å². The topological polar surface area (TPSA) is 45.2 Å². The quantitative estimate of drug-likeness (QED) is 0.752. The van der Waals surface area contributed by atoms with Gasteiger partial charge in [-0.2, -0.15) is 0 Å². The van der Waals surface area contributed by atoms with Gasteiger partial charge in [-0.05, 0) is 93.8 Å². The van der Waals surface area contributed by atoms with Crippen molar-refractivity contribution < 1.29 is 9.18 Å². The number of amides is 1. The van der Waals surface area contributed by atoms with Crippen molar-refractivity contribution in [1.82, 2.24) is 15.2 Å². The number of hydrogen-bond acceptors (Lipinski definition) is 3. The second-order valence-corrected chi connectivity index (χ2v) is 9.82. The van der Waals surface area contributed by atoms with Crippen LogP contribution in [0.15, 0.2) is 36.4 Å². The lowest BCUT2D eigenvalue weighted by atomic mass is 9.89. The summed E-state index contributed by atoms with van der Waals surface area (Å²) in [6.45, 7) is 4.64. The molecule has 3 aliphatic rings. The summed E-state index contributed by atoms with van der Waals surface area (Å²) in [5.74, 6) is 1.66. The minimum absolute atomic E-state index is 0.0576. The van der Waals surface area contributed by atoms with Crippen LogP contribution in [0.2, 0.25) is 0 Å². The molecule has 3 fully saturated rings. The lowest BCUT2D eigenvalue weighted by molar-refractivity contribution is 0.0920. The molecule has 1 aromatic heterocycles. The normalized spacial score (nSPS) is 26.3. The van der Waals surface area contributed by atoms with Gasteiger partial charge in [0.2, 0.25) is 0 Å². The van der Waals surface area contributed by atoms with E-state index in [1.165, 1.54) is 25.3 Å². The fourth-order valence-electron chi connectivity index (χ4n) is 6.01. The molecular formula is C26H32FN3O. The first kappa shape index (κ1) is 20.6. The molecule has 0 spiro atoms. The molecule has 5 heteroatoms. The van der Waals surface area contributed by atoms with Crippen molar-refractivity contribution in [2.75, 3.05) is 13.1 Å². The van der Waals surface area contributed by atoms with Crippen molar-refractivity contribution in [3.05, 3.63) is 64.7 Å². The standard InChI is InChI=1S/C26H32FN3O/c1-17-5-8-23(26(31)29-24-15-18-6-7-21(24)13-18)25(28-17)20-9-11-30(12-10-20)16-19-3-2-4-22(27)14-19/h2-5,8,14,18,20-21,24H,6-7,9-13,15-16H2,1H3,(H,29,31). The number of carbonyl (C=O) groups is 1. The van der Waals surface area contributed by atoms with E-state index in [0.717, 1.165) is 67.3 Å². The number of hydrogen-bond donors (Lipinski definition) is 1. The molecule has 4 nitrogen and oxygen atoms in total. The number of benzene rings is 1. The average molecular weight is 422 g/mol. The van der Waals surface area contributed by atoms with Crippen LogP contribution in [0.3, 0.4) is 0 Å². The Balaban J connectivity index is 1.25. The number of fused-ring (bicyclic) bond motifs is 2. The Hall–Kier alpha value is -2.27. The van der Waals surface area contributed by atoms with E-state index in [2.05, 4.69) is 10.2 Å². The highest BCUT2D eigenvalue weighted by molar-refractivity contribution is 5.95. The summed E-state index contributed by atoms with van der Waals surface area (Å²) in [6, 6.07) is 11.1. The lowest BCUT2D eigenvalue weighted by Gasteiger charge is -2.32. The van der Waals surface area contributed by atoms with Crippen molar-refractivity contribution >= 4 is 5.91 Å². The Morgan fingerprint density at radius 2 is 1.97 bits per heavy atom. The zero-order valence-electron chi connectivity index (χ0n) is 18.3. The molecule has 31 heavy (non-hydrogen) atoms. The number of piperidine rings is 1. The minimum atomic E-state index is -0.178. The second-order valence-electron chi connectivity index (χ2n) is 9.82. The number of carbonyl (C=O) groups excluding carboxylic acids is 1. The molecule has 1 saturated heterocycles. The zero-order valence-corrected chi connectivity index (χ0v) is 18.3. The summed E-state index contributed by atoms with van der Waals surface area (Å²) >= 11 is 0. The largest absolute Gasteiger partial charge is 0.349 e. The molecule has 2 saturated carbocycles. The molecule has 2 aliphatic carbocycles. The Labute approximate surface area is 184 Å². The van der Waals surface area contributed by atoms with Gasteiger partial charge in [0.05, 0.1) is 11.3 Å². The molecular weight excluding hydrogens is 389 g/mol. The number of aryl methyl sites for hydroxylation is 1. The van der Waals surface area contributed by atoms with Gasteiger partial charge >= 0.3 is 0 Å². The van der Waals surface area contributed by atoms with Crippen LogP contribution < -0.4 is 5.32 Å². The van der Waals surface area contributed by atoms with Gasteiger partial charge in [-0.15, -0.1) is 0 Å².